The van der Waals surface area contributed by atoms with Crippen molar-refractivity contribution in [2.24, 2.45) is 11.3 Å². The number of piperazine rings is 1. The summed E-state index contributed by atoms with van der Waals surface area (Å²) >= 11 is 0. The van der Waals surface area contributed by atoms with E-state index < -0.39 is 34.8 Å². The third-order valence-corrected chi connectivity index (χ3v) is 7.44. The van der Waals surface area contributed by atoms with Gasteiger partial charge < -0.3 is 4.90 Å². The minimum Gasteiger partial charge on any atom is -0.339 e. The Morgan fingerprint density at radius 1 is 1.03 bits per heavy atom. The zero-order chi connectivity index (χ0) is 24.9. The molecule has 2 aliphatic carbocycles. The molecule has 0 spiro atoms. The molecule has 184 valence electrons. The Bertz CT molecular complexity index is 1000. The van der Waals surface area contributed by atoms with Gasteiger partial charge in [-0.15, -0.1) is 0 Å². The number of hydrogen-bond donors (Lipinski definition) is 0. The molecule has 0 radical (unpaired) electrons. The van der Waals surface area contributed by atoms with Gasteiger partial charge in [0.15, 0.2) is 0 Å². The van der Waals surface area contributed by atoms with Gasteiger partial charge in [-0.05, 0) is 42.9 Å². The number of carbonyl (C=O) groups excluding carboxylic acids is 1. The van der Waals surface area contributed by atoms with Gasteiger partial charge in [0, 0.05) is 43.7 Å². The van der Waals surface area contributed by atoms with E-state index in [1.165, 1.54) is 18.2 Å². The quantitative estimate of drug-likeness (QED) is 0.440. The first-order valence-corrected chi connectivity index (χ1v) is 11.2. The maximum absolute atomic E-state index is 13.2. The molecule has 1 aromatic rings. The number of amides is 1. The van der Waals surface area contributed by atoms with E-state index in [1.807, 2.05) is 11.8 Å². The van der Waals surface area contributed by atoms with Gasteiger partial charge in [0.05, 0.1) is 11.6 Å². The highest BCUT2D eigenvalue weighted by Gasteiger charge is 2.63. The molecular weight excluding hydrogens is 460 g/mol. The summed E-state index contributed by atoms with van der Waals surface area (Å²) < 4.78 is 78.0. The van der Waals surface area contributed by atoms with Crippen LogP contribution in [0.5, 0.6) is 0 Å². The highest BCUT2D eigenvalue weighted by Crippen LogP contribution is 2.60. The van der Waals surface area contributed by atoms with Crippen molar-refractivity contribution in [1.82, 2.24) is 9.80 Å². The fourth-order valence-electron chi connectivity index (χ4n) is 5.23. The Balaban J connectivity index is 1.39. The van der Waals surface area contributed by atoms with Gasteiger partial charge in [0.1, 0.15) is 5.41 Å². The van der Waals surface area contributed by atoms with Gasteiger partial charge in [-0.2, -0.15) is 31.6 Å². The van der Waals surface area contributed by atoms with E-state index in [2.05, 4.69) is 6.07 Å². The Labute approximate surface area is 193 Å². The molecule has 10 heteroatoms. The summed E-state index contributed by atoms with van der Waals surface area (Å²) in [5, 5.41) is 9.77. The van der Waals surface area contributed by atoms with Gasteiger partial charge in [-0.3, -0.25) is 9.69 Å². The molecule has 1 amide bonds. The predicted octanol–water partition coefficient (Wildman–Crippen LogP) is 5.13. The van der Waals surface area contributed by atoms with Crippen molar-refractivity contribution in [3.05, 3.63) is 47.0 Å². The van der Waals surface area contributed by atoms with Crippen molar-refractivity contribution in [2.45, 2.75) is 50.5 Å². The molecule has 4 unspecified atom stereocenters. The zero-order valence-electron chi connectivity index (χ0n) is 18.6. The second kappa shape index (κ2) is 8.59. The third-order valence-electron chi connectivity index (χ3n) is 7.44. The van der Waals surface area contributed by atoms with Crippen LogP contribution in [0, 0.1) is 22.7 Å². The van der Waals surface area contributed by atoms with E-state index in [0.29, 0.717) is 38.2 Å². The number of hydrogen-bond acceptors (Lipinski definition) is 3. The van der Waals surface area contributed by atoms with Crippen molar-refractivity contribution in [3.63, 3.8) is 0 Å². The molecule has 1 saturated heterocycles. The fourth-order valence-corrected chi connectivity index (χ4v) is 5.23. The van der Waals surface area contributed by atoms with E-state index in [0.717, 1.165) is 12.1 Å². The van der Waals surface area contributed by atoms with Crippen LogP contribution in [0.3, 0.4) is 0 Å². The van der Waals surface area contributed by atoms with Crippen LogP contribution in [0.15, 0.2) is 35.9 Å². The monoisotopic (exact) mass is 485 g/mol. The Kier molecular flexibility index (Phi) is 6.21. The summed E-state index contributed by atoms with van der Waals surface area (Å²) in [6.07, 6.45) is -7.01. The lowest BCUT2D eigenvalue weighted by molar-refractivity contribution is -0.138. The molecule has 4 rings (SSSR count). The second-order valence-electron chi connectivity index (χ2n) is 9.50. The summed E-state index contributed by atoms with van der Waals surface area (Å²) in [7, 11) is 0. The lowest BCUT2D eigenvalue weighted by Gasteiger charge is -2.43. The van der Waals surface area contributed by atoms with Crippen LogP contribution >= 0.6 is 0 Å². The molecule has 3 aliphatic rings. The molecule has 4 nitrogen and oxygen atoms in total. The average Bonchev–Trinajstić information content (AvgIpc) is 3.54. The minimum absolute atomic E-state index is 0.0614. The predicted molar refractivity (Wildman–Crippen MR) is 111 cm³/mol. The lowest BCUT2D eigenvalue weighted by atomic mass is 9.84. The summed E-state index contributed by atoms with van der Waals surface area (Å²) in [4.78, 5) is 16.8. The average molecular weight is 485 g/mol. The molecule has 1 saturated carbocycles. The smallest absolute Gasteiger partial charge is 0.339 e. The van der Waals surface area contributed by atoms with Crippen molar-refractivity contribution in [1.29, 1.82) is 5.26 Å². The van der Waals surface area contributed by atoms with Gasteiger partial charge in [-0.1, -0.05) is 25.1 Å². The molecule has 0 bridgehead atoms. The largest absolute Gasteiger partial charge is 0.416 e. The van der Waals surface area contributed by atoms with Crippen molar-refractivity contribution in [2.75, 3.05) is 26.2 Å². The summed E-state index contributed by atoms with van der Waals surface area (Å²) in [6.45, 7) is 3.36. The van der Waals surface area contributed by atoms with E-state index >= 15 is 0 Å². The van der Waals surface area contributed by atoms with Crippen molar-refractivity contribution >= 4 is 5.91 Å². The Hall–Kier alpha value is -2.54. The molecule has 34 heavy (non-hydrogen) atoms. The number of alkyl halides is 6. The maximum Gasteiger partial charge on any atom is 0.416 e. The molecule has 1 heterocycles. The standard InChI is InChI=1S/C24H25F6N3O/c1-15-2-5-18(24(28,29)30)12-20(15)32-8-10-33(11-9-32)21(34)22(14-31)13-19(22)16-3-6-17(7-4-16)23(25,26)27/h3-7,15,19-20H,2,8-13H2,1H3. The van der Waals surface area contributed by atoms with Gasteiger partial charge in [-0.25, -0.2) is 0 Å². The number of benzene rings is 1. The summed E-state index contributed by atoms with van der Waals surface area (Å²) in [5.74, 6) is -0.762. The van der Waals surface area contributed by atoms with Crippen LogP contribution in [0.25, 0.3) is 0 Å². The highest BCUT2D eigenvalue weighted by atomic mass is 19.4. The Morgan fingerprint density at radius 3 is 2.18 bits per heavy atom. The van der Waals surface area contributed by atoms with Crippen LogP contribution in [0.1, 0.15) is 43.2 Å². The fraction of sp³-hybridized carbons (Fsp3) is 0.583. The highest BCUT2D eigenvalue weighted by molar-refractivity contribution is 5.90. The van der Waals surface area contributed by atoms with E-state index in [9.17, 15) is 36.4 Å². The Morgan fingerprint density at radius 2 is 1.65 bits per heavy atom. The number of nitrogens with zero attached hydrogens (tertiary/aromatic N) is 3. The molecule has 0 aromatic heterocycles. The summed E-state index contributed by atoms with van der Waals surface area (Å²) in [6, 6.07) is 6.36. The number of nitriles is 1. The van der Waals surface area contributed by atoms with Crippen LogP contribution in [0.4, 0.5) is 26.3 Å². The van der Waals surface area contributed by atoms with E-state index in [-0.39, 0.29) is 30.7 Å². The number of rotatable bonds is 3. The van der Waals surface area contributed by atoms with E-state index in [1.54, 1.807) is 4.90 Å². The number of carbonyl (C=O) groups is 1. The van der Waals surface area contributed by atoms with Gasteiger partial charge >= 0.3 is 12.4 Å². The molecule has 2 fully saturated rings. The van der Waals surface area contributed by atoms with Gasteiger partial charge in [0.25, 0.3) is 0 Å². The molecular formula is C24H25F6N3O. The van der Waals surface area contributed by atoms with E-state index in [4.69, 9.17) is 0 Å². The van der Waals surface area contributed by atoms with Crippen LogP contribution < -0.4 is 0 Å². The topological polar surface area (TPSA) is 47.3 Å². The third kappa shape index (κ3) is 4.54. The van der Waals surface area contributed by atoms with Crippen LogP contribution in [-0.4, -0.2) is 54.1 Å². The first-order valence-electron chi connectivity index (χ1n) is 11.2. The zero-order valence-corrected chi connectivity index (χ0v) is 18.6. The van der Waals surface area contributed by atoms with Crippen LogP contribution in [0.2, 0.25) is 0 Å². The molecule has 0 N–H and O–H groups in total. The van der Waals surface area contributed by atoms with Gasteiger partial charge in [0.2, 0.25) is 5.91 Å². The van der Waals surface area contributed by atoms with Crippen molar-refractivity contribution in [3.8, 4) is 6.07 Å². The molecule has 1 aliphatic heterocycles. The number of allylic oxidation sites excluding steroid dienone is 1. The maximum atomic E-state index is 13.2. The first kappa shape index (κ1) is 24.6. The van der Waals surface area contributed by atoms with Crippen LogP contribution in [-0.2, 0) is 11.0 Å². The molecule has 1 aromatic carbocycles. The molecule has 4 atom stereocenters. The first-order chi connectivity index (χ1) is 15.9. The summed E-state index contributed by atoms with van der Waals surface area (Å²) in [5.41, 5.74) is -2.08. The minimum atomic E-state index is -4.46. The normalized spacial score (nSPS) is 30.5. The lowest BCUT2D eigenvalue weighted by Crippen LogP contribution is -2.55. The second-order valence-corrected chi connectivity index (χ2v) is 9.50. The van der Waals surface area contributed by atoms with Crippen molar-refractivity contribution < 1.29 is 31.1 Å². The SMILES string of the molecule is CC1CC=C(C(F)(F)F)CC1N1CCN(C(=O)C2(C#N)CC2c2ccc(C(F)(F)F)cc2)CC1. The number of halogens is 6.